The van der Waals surface area contributed by atoms with Crippen LogP contribution < -0.4 is 0 Å². The van der Waals surface area contributed by atoms with Crippen LogP contribution in [0, 0.1) is 6.92 Å². The number of aromatic nitrogens is 1. The number of hydrogen-bond acceptors (Lipinski definition) is 4. The van der Waals surface area contributed by atoms with Gasteiger partial charge in [-0.15, -0.1) is 11.3 Å². The first-order valence-corrected chi connectivity index (χ1v) is 4.05. The number of rotatable bonds is 2. The van der Waals surface area contributed by atoms with Gasteiger partial charge in [0.25, 0.3) is 0 Å². The molecule has 0 unspecified atom stereocenters. The number of aromatic carboxylic acids is 1. The maximum Gasteiger partial charge on any atom is 0.356 e. The van der Waals surface area contributed by atoms with E-state index in [1.165, 1.54) is 6.92 Å². The molecule has 1 aromatic heterocycles. The first-order valence-electron chi connectivity index (χ1n) is 3.24. The van der Waals surface area contributed by atoms with Crippen molar-refractivity contribution in [3.63, 3.8) is 0 Å². The molecule has 0 fully saturated rings. The van der Waals surface area contributed by atoms with E-state index in [0.717, 1.165) is 11.3 Å². The van der Waals surface area contributed by atoms with E-state index in [1.54, 1.807) is 6.92 Å². The van der Waals surface area contributed by atoms with Gasteiger partial charge >= 0.3 is 5.97 Å². The van der Waals surface area contributed by atoms with Crippen molar-refractivity contribution in [2.45, 2.75) is 13.8 Å². The average molecular weight is 185 g/mol. The Morgan fingerprint density at radius 1 is 1.50 bits per heavy atom. The second-order valence-electron chi connectivity index (χ2n) is 2.27. The van der Waals surface area contributed by atoms with Gasteiger partial charge in [0.05, 0.1) is 5.01 Å². The molecule has 64 valence electrons. The molecule has 1 N–H and O–H groups in total. The zero-order valence-electron chi connectivity index (χ0n) is 6.62. The highest BCUT2D eigenvalue weighted by atomic mass is 32.1. The molecule has 0 aromatic carbocycles. The molecule has 0 saturated heterocycles. The van der Waals surface area contributed by atoms with Crippen LogP contribution in [0.2, 0.25) is 0 Å². The highest BCUT2D eigenvalue weighted by Gasteiger charge is 2.18. The number of Topliss-reactive ketones (excluding diaryl/α,β-unsaturated/α-hetero) is 1. The van der Waals surface area contributed by atoms with Crippen molar-refractivity contribution in [1.29, 1.82) is 0 Å². The monoisotopic (exact) mass is 185 g/mol. The summed E-state index contributed by atoms with van der Waals surface area (Å²) in [5.41, 5.74) is -0.134. The Bertz CT molecular complexity index is 311. The minimum Gasteiger partial charge on any atom is -0.476 e. The van der Waals surface area contributed by atoms with Crippen LogP contribution in [0.1, 0.15) is 32.1 Å². The van der Waals surface area contributed by atoms with Gasteiger partial charge in [0, 0.05) is 6.92 Å². The maximum absolute atomic E-state index is 10.9. The van der Waals surface area contributed by atoms with Crippen molar-refractivity contribution in [3.05, 3.63) is 15.6 Å². The summed E-state index contributed by atoms with van der Waals surface area (Å²) < 4.78 is 0. The first-order chi connectivity index (χ1) is 5.52. The number of carboxylic acids is 1. The highest BCUT2D eigenvalue weighted by Crippen LogP contribution is 2.18. The van der Waals surface area contributed by atoms with Crippen molar-refractivity contribution in [2.24, 2.45) is 0 Å². The summed E-state index contributed by atoms with van der Waals surface area (Å²) in [6, 6.07) is 0. The van der Waals surface area contributed by atoms with Crippen molar-refractivity contribution in [3.8, 4) is 0 Å². The fourth-order valence-electron chi connectivity index (χ4n) is 0.811. The van der Waals surface area contributed by atoms with Crippen LogP contribution in [-0.4, -0.2) is 21.8 Å². The highest BCUT2D eigenvalue weighted by molar-refractivity contribution is 7.14. The van der Waals surface area contributed by atoms with E-state index in [-0.39, 0.29) is 16.4 Å². The number of thiazole rings is 1. The third-order valence-corrected chi connectivity index (χ3v) is 2.33. The van der Waals surface area contributed by atoms with Crippen molar-refractivity contribution in [2.75, 3.05) is 0 Å². The summed E-state index contributed by atoms with van der Waals surface area (Å²) in [5.74, 6) is -1.40. The molecule has 0 saturated carbocycles. The van der Waals surface area contributed by atoms with Gasteiger partial charge in [-0.25, -0.2) is 9.78 Å². The van der Waals surface area contributed by atoms with Gasteiger partial charge in [-0.1, -0.05) is 0 Å². The quantitative estimate of drug-likeness (QED) is 0.706. The largest absolute Gasteiger partial charge is 0.476 e. The normalized spacial score (nSPS) is 9.83. The van der Waals surface area contributed by atoms with Crippen LogP contribution in [0.15, 0.2) is 0 Å². The third kappa shape index (κ3) is 1.50. The molecular formula is C7H7NO3S. The fraction of sp³-hybridized carbons (Fsp3) is 0.286. The molecule has 0 amide bonds. The molecule has 0 aliphatic heterocycles. The minimum atomic E-state index is -1.15. The summed E-state index contributed by atoms with van der Waals surface area (Å²) in [5, 5.41) is 9.21. The fourth-order valence-corrected chi connectivity index (χ4v) is 1.62. The predicted octanol–water partition coefficient (Wildman–Crippen LogP) is 1.35. The van der Waals surface area contributed by atoms with Crippen molar-refractivity contribution in [1.82, 2.24) is 4.98 Å². The lowest BCUT2D eigenvalue weighted by molar-refractivity contribution is 0.0687. The minimum absolute atomic E-state index is 0.134. The molecule has 4 nitrogen and oxygen atoms in total. The molecule has 1 rings (SSSR count). The second-order valence-corrected chi connectivity index (χ2v) is 3.48. The number of hydrogen-bond donors (Lipinski definition) is 1. The molecule has 0 radical (unpaired) electrons. The lowest BCUT2D eigenvalue weighted by Gasteiger charge is -1.89. The standard InChI is InChI=1S/C7H7NO3S/c1-3(9)6-5(7(10)11)8-4(2)12-6/h1-2H3,(H,10,11). The molecule has 0 aliphatic carbocycles. The van der Waals surface area contributed by atoms with E-state index in [9.17, 15) is 9.59 Å². The maximum atomic E-state index is 10.9. The van der Waals surface area contributed by atoms with E-state index < -0.39 is 5.97 Å². The Balaban J connectivity index is 3.26. The van der Waals surface area contributed by atoms with E-state index >= 15 is 0 Å². The van der Waals surface area contributed by atoms with Gasteiger partial charge in [0.15, 0.2) is 11.5 Å². The van der Waals surface area contributed by atoms with Gasteiger partial charge in [-0.2, -0.15) is 0 Å². The average Bonchev–Trinajstić information content (AvgIpc) is 2.31. The number of aryl methyl sites for hydroxylation is 1. The summed E-state index contributed by atoms with van der Waals surface area (Å²) in [4.78, 5) is 25.4. The smallest absolute Gasteiger partial charge is 0.356 e. The Hall–Kier alpha value is -1.23. The van der Waals surface area contributed by atoms with E-state index in [0.29, 0.717) is 5.01 Å². The Morgan fingerprint density at radius 2 is 2.08 bits per heavy atom. The predicted molar refractivity (Wildman–Crippen MR) is 43.8 cm³/mol. The zero-order valence-corrected chi connectivity index (χ0v) is 7.44. The van der Waals surface area contributed by atoms with Crippen LogP contribution in [0.3, 0.4) is 0 Å². The Morgan fingerprint density at radius 3 is 2.42 bits per heavy atom. The summed E-state index contributed by atoms with van der Waals surface area (Å²) in [7, 11) is 0. The van der Waals surface area contributed by atoms with Crippen molar-refractivity contribution >= 4 is 23.1 Å². The number of nitrogens with zero attached hydrogens (tertiary/aromatic N) is 1. The van der Waals surface area contributed by atoms with E-state index in [2.05, 4.69) is 4.98 Å². The topological polar surface area (TPSA) is 67.3 Å². The van der Waals surface area contributed by atoms with Crippen molar-refractivity contribution < 1.29 is 14.7 Å². The summed E-state index contributed by atoms with van der Waals surface area (Å²) in [6.45, 7) is 3.00. The van der Waals surface area contributed by atoms with Crippen LogP contribution >= 0.6 is 11.3 Å². The number of ketones is 1. The molecular weight excluding hydrogens is 178 g/mol. The van der Waals surface area contributed by atoms with E-state index in [4.69, 9.17) is 5.11 Å². The summed E-state index contributed by atoms with van der Waals surface area (Å²) in [6.07, 6.45) is 0. The van der Waals surface area contributed by atoms with Crippen LogP contribution in [-0.2, 0) is 0 Å². The van der Waals surface area contributed by atoms with E-state index in [1.807, 2.05) is 0 Å². The molecule has 0 bridgehead atoms. The van der Waals surface area contributed by atoms with Crippen LogP contribution in [0.4, 0.5) is 0 Å². The molecule has 0 aliphatic rings. The summed E-state index contributed by atoms with van der Waals surface area (Å²) >= 11 is 1.11. The Kier molecular flexibility index (Phi) is 2.23. The lowest BCUT2D eigenvalue weighted by atomic mass is 10.3. The van der Waals surface area contributed by atoms with Gasteiger partial charge < -0.3 is 5.11 Å². The molecule has 1 aromatic rings. The van der Waals surface area contributed by atoms with Gasteiger partial charge in [-0.3, -0.25) is 4.79 Å². The van der Waals surface area contributed by atoms with Crippen LogP contribution in [0.25, 0.3) is 0 Å². The Labute approximate surface area is 72.9 Å². The molecule has 0 atom stereocenters. The van der Waals surface area contributed by atoms with Crippen LogP contribution in [0.5, 0.6) is 0 Å². The van der Waals surface area contributed by atoms with Gasteiger partial charge in [-0.05, 0) is 6.92 Å². The lowest BCUT2D eigenvalue weighted by Crippen LogP contribution is -2.03. The molecule has 0 spiro atoms. The number of carboxylic acid groups (broad SMARTS) is 1. The molecule has 5 heteroatoms. The molecule has 1 heterocycles. The SMILES string of the molecule is CC(=O)c1sc(C)nc1C(=O)O. The number of carbonyl (C=O) groups excluding carboxylic acids is 1. The number of carbonyl (C=O) groups is 2. The zero-order chi connectivity index (χ0) is 9.30. The second kappa shape index (κ2) is 3.02. The van der Waals surface area contributed by atoms with Gasteiger partial charge in [0.2, 0.25) is 0 Å². The molecule has 12 heavy (non-hydrogen) atoms. The van der Waals surface area contributed by atoms with Gasteiger partial charge in [0.1, 0.15) is 4.88 Å². The first kappa shape index (κ1) is 8.86. The third-order valence-electron chi connectivity index (χ3n) is 1.26.